The van der Waals surface area contributed by atoms with Crippen LogP contribution in [-0.2, 0) is 9.59 Å². The molecule has 68 valence electrons. The van der Waals surface area contributed by atoms with Gasteiger partial charge in [-0.05, 0) is 12.1 Å². The fraction of sp³-hybridized carbons (Fsp3) is 0. The summed E-state index contributed by atoms with van der Waals surface area (Å²) < 4.78 is 0. The molecular weight excluding hydrogens is 172 g/mol. The molecule has 5 heteroatoms. The molecule has 0 fully saturated rings. The number of para-hydroxylation sites is 1. The molecule has 0 spiro atoms. The topological polar surface area (TPSA) is 102 Å². The van der Waals surface area contributed by atoms with Crippen LogP contribution < -0.4 is 0 Å². The minimum atomic E-state index is 0.322. The molecule has 0 saturated heterocycles. The normalized spacial score (nSPS) is 5.85. The number of phenols is 1. The molecular formula is C8H8N2O3. The molecule has 0 aromatic heterocycles. The summed E-state index contributed by atoms with van der Waals surface area (Å²) in [5, 5.41) is 19.4. The zero-order valence-corrected chi connectivity index (χ0v) is 6.65. The number of benzene rings is 1. The highest BCUT2D eigenvalue weighted by molar-refractivity contribution is 5.26. The fourth-order valence-electron chi connectivity index (χ4n) is 0.428. The summed E-state index contributed by atoms with van der Waals surface area (Å²) in [4.78, 5) is 16.7. The highest BCUT2D eigenvalue weighted by Gasteiger charge is 1.74. The number of carbonyl (C=O) groups excluding carboxylic acids is 2. The monoisotopic (exact) mass is 180 g/mol. The summed E-state index contributed by atoms with van der Waals surface area (Å²) in [5.41, 5.74) is 0. The van der Waals surface area contributed by atoms with E-state index in [0.29, 0.717) is 5.75 Å². The molecule has 1 aromatic carbocycles. The summed E-state index contributed by atoms with van der Waals surface area (Å²) in [7, 11) is 0. The maximum Gasteiger partial charge on any atom is 0.231 e. The van der Waals surface area contributed by atoms with E-state index in [1.54, 1.807) is 24.3 Å². The van der Waals surface area contributed by atoms with Crippen LogP contribution in [0, 0.1) is 10.8 Å². The molecule has 0 heterocycles. The first kappa shape index (κ1) is 13.4. The Morgan fingerprint density at radius 3 is 1.46 bits per heavy atom. The minimum absolute atomic E-state index is 0.322. The maximum atomic E-state index is 8.63. The molecule has 0 aliphatic rings. The van der Waals surface area contributed by atoms with Crippen molar-refractivity contribution >= 4 is 12.2 Å². The first-order valence-corrected chi connectivity index (χ1v) is 3.04. The van der Waals surface area contributed by atoms with Crippen LogP contribution in [0.4, 0.5) is 0 Å². The molecule has 0 radical (unpaired) electrons. The molecule has 13 heavy (non-hydrogen) atoms. The maximum absolute atomic E-state index is 8.63. The largest absolute Gasteiger partial charge is 0.508 e. The lowest BCUT2D eigenvalue weighted by Crippen LogP contribution is -1.56. The Morgan fingerprint density at radius 1 is 1.00 bits per heavy atom. The second kappa shape index (κ2) is 12.5. The molecule has 1 rings (SSSR count). The van der Waals surface area contributed by atoms with Crippen molar-refractivity contribution in [2.75, 3.05) is 0 Å². The van der Waals surface area contributed by atoms with Crippen LogP contribution in [0.1, 0.15) is 0 Å². The third-order valence-corrected chi connectivity index (χ3v) is 0.756. The van der Waals surface area contributed by atoms with Crippen molar-refractivity contribution in [3.63, 3.8) is 0 Å². The lowest BCUT2D eigenvalue weighted by atomic mass is 10.3. The van der Waals surface area contributed by atoms with Crippen molar-refractivity contribution in [3.05, 3.63) is 30.3 Å². The van der Waals surface area contributed by atoms with Crippen molar-refractivity contribution < 1.29 is 14.7 Å². The number of hydrogen-bond donors (Lipinski definition) is 3. The Balaban J connectivity index is 0. The molecule has 5 nitrogen and oxygen atoms in total. The number of isocyanates is 2. The molecule has 3 N–H and O–H groups in total. The van der Waals surface area contributed by atoms with Gasteiger partial charge in [0.1, 0.15) is 5.75 Å². The Bertz CT molecular complexity index is 261. The highest BCUT2D eigenvalue weighted by Crippen LogP contribution is 2.02. The predicted octanol–water partition coefficient (Wildman–Crippen LogP) is 1.19. The van der Waals surface area contributed by atoms with Gasteiger partial charge in [0.05, 0.1) is 0 Å². The molecule has 0 saturated carbocycles. The molecule has 0 aliphatic heterocycles. The van der Waals surface area contributed by atoms with Crippen LogP contribution in [0.25, 0.3) is 0 Å². The van der Waals surface area contributed by atoms with E-state index in [0.717, 1.165) is 12.2 Å². The van der Waals surface area contributed by atoms with Gasteiger partial charge in [0.25, 0.3) is 0 Å². The zero-order chi connectivity index (χ0) is 10.5. The molecule has 0 unspecified atom stereocenters. The van der Waals surface area contributed by atoms with Gasteiger partial charge in [-0.25, -0.2) is 20.4 Å². The van der Waals surface area contributed by atoms with Gasteiger partial charge >= 0.3 is 0 Å². The standard InChI is InChI=1S/C6H6O.2CHNO/c7-6-4-2-1-3-5-6;2*2-1-3/h1-5,7H;2*2H. The van der Waals surface area contributed by atoms with Gasteiger partial charge in [0.2, 0.25) is 12.2 Å². The van der Waals surface area contributed by atoms with Crippen LogP contribution in [-0.4, -0.2) is 17.3 Å². The Hall–Kier alpha value is -2.22. The van der Waals surface area contributed by atoms with E-state index in [-0.39, 0.29) is 0 Å². The third kappa shape index (κ3) is 17.7. The molecule has 1 aromatic rings. The fourth-order valence-corrected chi connectivity index (χ4v) is 0.428. The number of rotatable bonds is 0. The number of hydrogen-bond acceptors (Lipinski definition) is 5. The average Bonchev–Trinajstić information content (AvgIpc) is 2.08. The molecule has 0 amide bonds. The SMILES string of the molecule is N=C=O.N=C=O.Oc1ccccc1. The van der Waals surface area contributed by atoms with Crippen LogP contribution in [0.15, 0.2) is 30.3 Å². The van der Waals surface area contributed by atoms with E-state index in [4.69, 9.17) is 25.5 Å². The summed E-state index contributed by atoms with van der Waals surface area (Å²) in [6.45, 7) is 0. The van der Waals surface area contributed by atoms with Crippen molar-refractivity contribution in [2.45, 2.75) is 0 Å². The van der Waals surface area contributed by atoms with Crippen LogP contribution in [0.5, 0.6) is 5.75 Å². The summed E-state index contributed by atoms with van der Waals surface area (Å²) in [5.74, 6) is 0.322. The van der Waals surface area contributed by atoms with Gasteiger partial charge in [-0.3, -0.25) is 0 Å². The molecule has 0 bridgehead atoms. The zero-order valence-electron chi connectivity index (χ0n) is 6.65. The Kier molecular flexibility index (Phi) is 12.8. The van der Waals surface area contributed by atoms with E-state index >= 15 is 0 Å². The van der Waals surface area contributed by atoms with Crippen molar-refractivity contribution in [2.24, 2.45) is 0 Å². The minimum Gasteiger partial charge on any atom is -0.508 e. The lowest BCUT2D eigenvalue weighted by Gasteiger charge is -1.82. The van der Waals surface area contributed by atoms with Crippen molar-refractivity contribution in [1.29, 1.82) is 10.8 Å². The van der Waals surface area contributed by atoms with Gasteiger partial charge < -0.3 is 5.11 Å². The third-order valence-electron chi connectivity index (χ3n) is 0.756. The first-order valence-electron chi connectivity index (χ1n) is 3.04. The van der Waals surface area contributed by atoms with Crippen LogP contribution in [0.3, 0.4) is 0 Å². The second-order valence-electron chi connectivity index (χ2n) is 1.54. The predicted molar refractivity (Wildman–Crippen MR) is 44.9 cm³/mol. The lowest BCUT2D eigenvalue weighted by molar-refractivity contribution is 0.475. The van der Waals surface area contributed by atoms with E-state index in [2.05, 4.69) is 0 Å². The van der Waals surface area contributed by atoms with Crippen molar-refractivity contribution in [3.8, 4) is 5.75 Å². The van der Waals surface area contributed by atoms with Crippen LogP contribution in [0.2, 0.25) is 0 Å². The van der Waals surface area contributed by atoms with Crippen molar-refractivity contribution in [1.82, 2.24) is 0 Å². The molecule has 0 atom stereocenters. The number of phenolic OH excluding ortho intramolecular Hbond substituents is 1. The highest BCUT2D eigenvalue weighted by atomic mass is 16.3. The summed E-state index contributed by atoms with van der Waals surface area (Å²) in [6, 6.07) is 8.71. The smallest absolute Gasteiger partial charge is 0.231 e. The number of nitrogens with one attached hydrogen (secondary N) is 2. The van der Waals surface area contributed by atoms with E-state index in [9.17, 15) is 0 Å². The van der Waals surface area contributed by atoms with E-state index in [1.165, 1.54) is 0 Å². The van der Waals surface area contributed by atoms with E-state index in [1.807, 2.05) is 6.07 Å². The Labute approximate surface area is 74.7 Å². The van der Waals surface area contributed by atoms with E-state index < -0.39 is 0 Å². The average molecular weight is 180 g/mol. The first-order chi connectivity index (χ1) is 6.22. The van der Waals surface area contributed by atoms with Gasteiger partial charge in [0, 0.05) is 0 Å². The molecule has 0 aliphatic carbocycles. The second-order valence-corrected chi connectivity index (χ2v) is 1.54. The number of aromatic hydroxyl groups is 1. The van der Waals surface area contributed by atoms with Gasteiger partial charge in [-0.2, -0.15) is 0 Å². The van der Waals surface area contributed by atoms with Gasteiger partial charge in [-0.15, -0.1) is 0 Å². The quantitative estimate of drug-likeness (QED) is 0.412. The summed E-state index contributed by atoms with van der Waals surface area (Å²) >= 11 is 0. The van der Waals surface area contributed by atoms with Gasteiger partial charge in [0.15, 0.2) is 0 Å². The Morgan fingerprint density at radius 2 is 1.31 bits per heavy atom. The van der Waals surface area contributed by atoms with Crippen LogP contribution >= 0.6 is 0 Å². The summed E-state index contributed by atoms with van der Waals surface area (Å²) in [6.07, 6.45) is 1.50. The van der Waals surface area contributed by atoms with Gasteiger partial charge in [-0.1, -0.05) is 18.2 Å².